The predicted molar refractivity (Wildman–Crippen MR) is 74.5 cm³/mol. The first-order chi connectivity index (χ1) is 9.04. The van der Waals surface area contributed by atoms with Crippen molar-refractivity contribution in [3.63, 3.8) is 0 Å². The van der Waals surface area contributed by atoms with E-state index in [4.69, 9.17) is 0 Å². The summed E-state index contributed by atoms with van der Waals surface area (Å²) in [6.07, 6.45) is 7.59. The van der Waals surface area contributed by atoms with Gasteiger partial charge < -0.3 is 10.0 Å². The van der Waals surface area contributed by atoms with Crippen LogP contribution in [0.2, 0.25) is 0 Å². The summed E-state index contributed by atoms with van der Waals surface area (Å²) in [6.45, 7) is 1.76. The molecule has 0 radical (unpaired) electrons. The third-order valence-corrected chi connectivity index (χ3v) is 5.79. The van der Waals surface area contributed by atoms with Gasteiger partial charge in [0.1, 0.15) is 0 Å². The van der Waals surface area contributed by atoms with Gasteiger partial charge in [0.05, 0.1) is 6.10 Å². The van der Waals surface area contributed by atoms with Crippen LogP contribution in [0.25, 0.3) is 0 Å². The second-order valence-corrected chi connectivity index (χ2v) is 7.31. The van der Waals surface area contributed by atoms with Crippen molar-refractivity contribution in [1.29, 1.82) is 0 Å². The molecule has 1 amide bonds. The Morgan fingerprint density at radius 1 is 1.16 bits per heavy atom. The average Bonchev–Trinajstić information content (AvgIpc) is 2.34. The summed E-state index contributed by atoms with van der Waals surface area (Å²) >= 11 is 0. The smallest absolute Gasteiger partial charge is 0.222 e. The standard InChI is InChI=1S/C16H27NO2/c1-10(18)3-4-15(19)17(2)16-13-6-11-5-12(8-13)9-14(16)7-11/h10-14,16,18H,3-9H2,1-2H3. The molecule has 0 aromatic rings. The SMILES string of the molecule is CC(O)CCC(=O)N(C)C1C2CC3CC(C2)CC1C3. The zero-order valence-electron chi connectivity index (χ0n) is 12.2. The Bertz CT molecular complexity index is 325. The lowest BCUT2D eigenvalue weighted by Crippen LogP contribution is -2.56. The number of hydrogen-bond acceptors (Lipinski definition) is 2. The first kappa shape index (κ1) is 13.4. The number of hydrogen-bond donors (Lipinski definition) is 1. The van der Waals surface area contributed by atoms with Crippen LogP contribution in [0.1, 0.15) is 51.9 Å². The van der Waals surface area contributed by atoms with Crippen LogP contribution in [-0.4, -0.2) is 35.1 Å². The van der Waals surface area contributed by atoms with E-state index in [0.29, 0.717) is 18.9 Å². The summed E-state index contributed by atoms with van der Waals surface area (Å²) in [6, 6.07) is 0.495. The van der Waals surface area contributed by atoms with Crippen LogP contribution in [-0.2, 0) is 4.79 Å². The Morgan fingerprint density at radius 3 is 2.16 bits per heavy atom. The fraction of sp³-hybridized carbons (Fsp3) is 0.938. The topological polar surface area (TPSA) is 40.5 Å². The van der Waals surface area contributed by atoms with E-state index in [1.807, 2.05) is 11.9 Å². The molecule has 0 saturated heterocycles. The highest BCUT2D eigenvalue weighted by Crippen LogP contribution is 2.54. The maximum Gasteiger partial charge on any atom is 0.222 e. The van der Waals surface area contributed by atoms with E-state index in [0.717, 1.165) is 23.7 Å². The number of amides is 1. The molecule has 4 rings (SSSR count). The van der Waals surface area contributed by atoms with E-state index in [1.165, 1.54) is 32.1 Å². The summed E-state index contributed by atoms with van der Waals surface area (Å²) < 4.78 is 0. The molecule has 1 N–H and O–H groups in total. The summed E-state index contributed by atoms with van der Waals surface area (Å²) in [5, 5.41) is 9.32. The molecule has 19 heavy (non-hydrogen) atoms. The Labute approximate surface area is 116 Å². The van der Waals surface area contributed by atoms with Gasteiger partial charge in [-0.2, -0.15) is 0 Å². The molecular weight excluding hydrogens is 238 g/mol. The van der Waals surface area contributed by atoms with E-state index in [2.05, 4.69) is 0 Å². The highest BCUT2D eigenvalue weighted by atomic mass is 16.3. The van der Waals surface area contributed by atoms with Crippen molar-refractivity contribution in [3.05, 3.63) is 0 Å². The molecule has 3 nitrogen and oxygen atoms in total. The minimum absolute atomic E-state index is 0.235. The molecule has 4 saturated carbocycles. The highest BCUT2D eigenvalue weighted by molar-refractivity contribution is 5.76. The van der Waals surface area contributed by atoms with Crippen molar-refractivity contribution < 1.29 is 9.90 Å². The van der Waals surface area contributed by atoms with Crippen LogP contribution >= 0.6 is 0 Å². The molecule has 0 aromatic heterocycles. The van der Waals surface area contributed by atoms with Gasteiger partial charge in [-0.25, -0.2) is 0 Å². The molecule has 1 unspecified atom stereocenters. The molecule has 1 atom stereocenters. The molecular formula is C16H27NO2. The highest BCUT2D eigenvalue weighted by Gasteiger charge is 2.50. The number of aliphatic hydroxyl groups excluding tert-OH is 1. The van der Waals surface area contributed by atoms with Crippen LogP contribution in [0.3, 0.4) is 0 Å². The molecule has 3 heteroatoms. The summed E-state index contributed by atoms with van der Waals surface area (Å²) in [4.78, 5) is 14.3. The normalized spacial score (nSPS) is 41.3. The van der Waals surface area contributed by atoms with E-state index in [-0.39, 0.29) is 12.0 Å². The van der Waals surface area contributed by atoms with Gasteiger partial charge in [0.2, 0.25) is 5.91 Å². The third kappa shape index (κ3) is 2.54. The first-order valence-corrected chi connectivity index (χ1v) is 7.98. The van der Waals surface area contributed by atoms with E-state index in [9.17, 15) is 9.90 Å². The van der Waals surface area contributed by atoms with Gasteiger partial charge in [-0.3, -0.25) is 4.79 Å². The second kappa shape index (κ2) is 5.08. The first-order valence-electron chi connectivity index (χ1n) is 7.98. The number of carbonyl (C=O) groups excluding carboxylic acids is 1. The summed E-state index contributed by atoms with van der Waals surface area (Å²) in [5.41, 5.74) is 0. The zero-order valence-corrected chi connectivity index (χ0v) is 12.2. The second-order valence-electron chi connectivity index (χ2n) is 7.31. The fourth-order valence-electron chi connectivity index (χ4n) is 5.20. The lowest BCUT2D eigenvalue weighted by atomic mass is 9.54. The van der Waals surface area contributed by atoms with Crippen molar-refractivity contribution in [3.8, 4) is 0 Å². The molecule has 4 fully saturated rings. The Balaban J connectivity index is 1.63. The van der Waals surface area contributed by atoms with Crippen LogP contribution in [0.4, 0.5) is 0 Å². The lowest BCUT2D eigenvalue weighted by Gasteiger charge is -2.56. The van der Waals surface area contributed by atoms with Crippen molar-refractivity contribution >= 4 is 5.91 Å². The van der Waals surface area contributed by atoms with Crippen LogP contribution < -0.4 is 0 Å². The quantitative estimate of drug-likeness (QED) is 0.848. The molecule has 4 aliphatic rings. The Kier molecular flexibility index (Phi) is 3.59. The Hall–Kier alpha value is -0.570. The Morgan fingerprint density at radius 2 is 1.68 bits per heavy atom. The van der Waals surface area contributed by atoms with Gasteiger partial charge in [-0.15, -0.1) is 0 Å². The maximum absolute atomic E-state index is 12.3. The van der Waals surface area contributed by atoms with Crippen LogP contribution in [0.5, 0.6) is 0 Å². The summed E-state index contributed by atoms with van der Waals surface area (Å²) in [5.74, 6) is 3.67. The monoisotopic (exact) mass is 265 g/mol. The molecule has 108 valence electrons. The minimum atomic E-state index is -0.365. The van der Waals surface area contributed by atoms with Gasteiger partial charge in [0.15, 0.2) is 0 Å². The largest absolute Gasteiger partial charge is 0.393 e. The van der Waals surface area contributed by atoms with Crippen molar-refractivity contribution in [2.75, 3.05) is 7.05 Å². The number of nitrogens with zero attached hydrogens (tertiary/aromatic N) is 1. The van der Waals surface area contributed by atoms with Gasteiger partial charge in [0, 0.05) is 19.5 Å². The van der Waals surface area contributed by atoms with E-state index in [1.54, 1.807) is 6.92 Å². The van der Waals surface area contributed by atoms with Crippen molar-refractivity contribution in [2.45, 2.75) is 64.0 Å². The maximum atomic E-state index is 12.3. The molecule has 4 bridgehead atoms. The summed E-state index contributed by atoms with van der Waals surface area (Å²) in [7, 11) is 2.00. The number of rotatable bonds is 4. The number of carbonyl (C=O) groups is 1. The molecule has 0 aliphatic heterocycles. The lowest BCUT2D eigenvalue weighted by molar-refractivity contribution is -0.141. The fourth-order valence-corrected chi connectivity index (χ4v) is 5.20. The van der Waals surface area contributed by atoms with Crippen LogP contribution in [0.15, 0.2) is 0 Å². The number of aliphatic hydroxyl groups is 1. The predicted octanol–water partition coefficient (Wildman–Crippen LogP) is 2.43. The van der Waals surface area contributed by atoms with Crippen LogP contribution in [0, 0.1) is 23.7 Å². The zero-order chi connectivity index (χ0) is 13.6. The third-order valence-electron chi connectivity index (χ3n) is 5.79. The average molecular weight is 265 g/mol. The van der Waals surface area contributed by atoms with Gasteiger partial charge >= 0.3 is 0 Å². The van der Waals surface area contributed by atoms with Crippen molar-refractivity contribution in [2.24, 2.45) is 23.7 Å². The molecule has 0 heterocycles. The molecule has 0 spiro atoms. The van der Waals surface area contributed by atoms with Gasteiger partial charge in [-0.1, -0.05) is 0 Å². The van der Waals surface area contributed by atoms with Crippen molar-refractivity contribution in [1.82, 2.24) is 4.90 Å². The van der Waals surface area contributed by atoms with Gasteiger partial charge in [0.25, 0.3) is 0 Å². The van der Waals surface area contributed by atoms with E-state index >= 15 is 0 Å². The molecule has 4 aliphatic carbocycles. The van der Waals surface area contributed by atoms with Gasteiger partial charge in [-0.05, 0) is 69.1 Å². The molecule has 0 aromatic carbocycles. The van der Waals surface area contributed by atoms with E-state index < -0.39 is 0 Å². The minimum Gasteiger partial charge on any atom is -0.393 e.